The summed E-state index contributed by atoms with van der Waals surface area (Å²) < 4.78 is 5.10. The van der Waals surface area contributed by atoms with Crippen LogP contribution in [0.4, 0.5) is 5.95 Å². The molecule has 6 nitrogen and oxygen atoms in total. The molecule has 1 aromatic carbocycles. The fraction of sp³-hybridized carbons (Fsp3) is 0.188. The topological polar surface area (TPSA) is 79.4 Å². The highest BCUT2D eigenvalue weighted by atomic mass is 32.1. The number of nitrogens with one attached hydrogen (secondary N) is 2. The zero-order chi connectivity index (χ0) is 16.4. The van der Waals surface area contributed by atoms with Gasteiger partial charge in [0.15, 0.2) is 0 Å². The Morgan fingerprint density at radius 1 is 1.30 bits per heavy atom. The maximum atomic E-state index is 12.1. The lowest BCUT2D eigenvalue weighted by molar-refractivity contribution is 0.415. The van der Waals surface area contributed by atoms with Crippen LogP contribution in [-0.4, -0.2) is 23.3 Å². The number of hydrazone groups is 1. The van der Waals surface area contributed by atoms with Gasteiger partial charge >= 0.3 is 0 Å². The normalized spacial score (nSPS) is 11.3. The van der Waals surface area contributed by atoms with Gasteiger partial charge < -0.3 is 4.74 Å². The van der Waals surface area contributed by atoms with Gasteiger partial charge in [-0.1, -0.05) is 0 Å². The van der Waals surface area contributed by atoms with Crippen LogP contribution in [0.1, 0.15) is 16.0 Å². The van der Waals surface area contributed by atoms with E-state index < -0.39 is 0 Å². The molecule has 3 aromatic rings. The highest BCUT2D eigenvalue weighted by molar-refractivity contribution is 7.18. The summed E-state index contributed by atoms with van der Waals surface area (Å²) >= 11 is 1.50. The minimum absolute atomic E-state index is 0.154. The van der Waals surface area contributed by atoms with Crippen molar-refractivity contribution in [2.45, 2.75) is 13.8 Å². The number of thiophene rings is 1. The smallest absolute Gasteiger partial charge is 0.261 e. The van der Waals surface area contributed by atoms with E-state index in [1.54, 1.807) is 13.3 Å². The summed E-state index contributed by atoms with van der Waals surface area (Å²) in [6.45, 7) is 3.91. The van der Waals surface area contributed by atoms with Gasteiger partial charge in [-0.3, -0.25) is 9.78 Å². The fourth-order valence-corrected chi connectivity index (χ4v) is 3.20. The highest BCUT2D eigenvalue weighted by Crippen LogP contribution is 2.26. The first-order chi connectivity index (χ1) is 11.1. The lowest BCUT2D eigenvalue weighted by Gasteiger charge is -2.00. The van der Waals surface area contributed by atoms with Crippen LogP contribution in [0.15, 0.2) is 34.2 Å². The fourth-order valence-electron chi connectivity index (χ4n) is 2.17. The van der Waals surface area contributed by atoms with E-state index in [0.717, 1.165) is 21.8 Å². The average Bonchev–Trinajstić information content (AvgIpc) is 2.83. The van der Waals surface area contributed by atoms with E-state index >= 15 is 0 Å². The molecule has 0 aliphatic carbocycles. The number of methoxy groups -OCH3 is 1. The van der Waals surface area contributed by atoms with Crippen molar-refractivity contribution in [3.05, 3.63) is 50.6 Å². The molecule has 2 heterocycles. The van der Waals surface area contributed by atoms with Crippen LogP contribution < -0.4 is 15.7 Å². The Bertz CT molecular complexity index is 926. The number of H-pyrrole nitrogens is 1. The lowest BCUT2D eigenvalue weighted by Crippen LogP contribution is -2.10. The van der Waals surface area contributed by atoms with Gasteiger partial charge in [-0.05, 0) is 49.2 Å². The molecule has 3 rings (SSSR count). The summed E-state index contributed by atoms with van der Waals surface area (Å²) in [5, 5.41) is 4.75. The highest BCUT2D eigenvalue weighted by Gasteiger charge is 2.11. The van der Waals surface area contributed by atoms with Crippen LogP contribution in [0, 0.1) is 13.8 Å². The third kappa shape index (κ3) is 3.09. The Hall–Kier alpha value is -2.67. The second-order valence-corrected chi connectivity index (χ2v) is 6.22. The Morgan fingerprint density at radius 2 is 2.04 bits per heavy atom. The molecule has 7 heteroatoms. The van der Waals surface area contributed by atoms with Crippen LogP contribution >= 0.6 is 11.3 Å². The van der Waals surface area contributed by atoms with E-state index in [-0.39, 0.29) is 5.56 Å². The molecule has 0 saturated heterocycles. The van der Waals surface area contributed by atoms with Crippen molar-refractivity contribution in [1.82, 2.24) is 9.97 Å². The first kappa shape index (κ1) is 15.2. The molecule has 118 valence electrons. The SMILES string of the molecule is COc1ccc(/C=N/Nc2nc3sc(C)c(C)c3c(=O)[nH]2)cc1. The maximum Gasteiger partial charge on any atom is 0.261 e. The van der Waals surface area contributed by atoms with Crippen molar-refractivity contribution in [3.63, 3.8) is 0 Å². The second kappa shape index (κ2) is 6.21. The standard InChI is InChI=1S/C16H16N4O2S/c1-9-10(2)23-15-13(9)14(21)18-16(19-15)20-17-8-11-4-6-12(22-3)7-5-11/h4-8H,1-3H3,(H2,18,19,20,21)/b17-8+. The van der Waals surface area contributed by atoms with Crippen LogP contribution in [0.3, 0.4) is 0 Å². The number of rotatable bonds is 4. The molecule has 23 heavy (non-hydrogen) atoms. The number of hydrogen-bond donors (Lipinski definition) is 2. The van der Waals surface area contributed by atoms with E-state index in [2.05, 4.69) is 20.5 Å². The Labute approximate surface area is 136 Å². The third-order valence-corrected chi connectivity index (χ3v) is 4.64. The molecule has 0 aliphatic rings. The zero-order valence-electron chi connectivity index (χ0n) is 13.0. The average molecular weight is 328 g/mol. The molecule has 2 N–H and O–H groups in total. The van der Waals surface area contributed by atoms with Crippen molar-refractivity contribution >= 4 is 33.7 Å². The molecule has 0 atom stereocenters. The molecule has 0 aliphatic heterocycles. The van der Waals surface area contributed by atoms with Gasteiger partial charge in [-0.15, -0.1) is 11.3 Å². The van der Waals surface area contributed by atoms with Crippen molar-refractivity contribution in [2.75, 3.05) is 12.5 Å². The number of aromatic amines is 1. The molecule has 0 spiro atoms. The van der Waals surface area contributed by atoms with E-state index in [1.165, 1.54) is 11.3 Å². The number of fused-ring (bicyclic) bond motifs is 1. The van der Waals surface area contributed by atoms with E-state index in [9.17, 15) is 4.79 Å². The Kier molecular flexibility index (Phi) is 4.12. The van der Waals surface area contributed by atoms with Crippen molar-refractivity contribution in [2.24, 2.45) is 5.10 Å². The number of aryl methyl sites for hydroxylation is 2. The van der Waals surface area contributed by atoms with Crippen molar-refractivity contribution < 1.29 is 4.74 Å². The predicted molar refractivity (Wildman–Crippen MR) is 93.9 cm³/mol. The van der Waals surface area contributed by atoms with Gasteiger partial charge in [0.05, 0.1) is 18.7 Å². The summed E-state index contributed by atoms with van der Waals surface area (Å²) in [7, 11) is 1.62. The van der Waals surface area contributed by atoms with Gasteiger partial charge in [0.1, 0.15) is 10.6 Å². The predicted octanol–water partition coefficient (Wildman–Crippen LogP) is 3.06. The Balaban J connectivity index is 1.81. The number of nitrogens with zero attached hydrogens (tertiary/aromatic N) is 2. The third-order valence-electron chi connectivity index (χ3n) is 3.54. The quantitative estimate of drug-likeness (QED) is 0.570. The Morgan fingerprint density at radius 3 is 2.74 bits per heavy atom. The first-order valence-electron chi connectivity index (χ1n) is 7.01. The largest absolute Gasteiger partial charge is 0.497 e. The lowest BCUT2D eigenvalue weighted by atomic mass is 10.2. The number of aromatic nitrogens is 2. The zero-order valence-corrected chi connectivity index (χ0v) is 13.8. The monoisotopic (exact) mass is 328 g/mol. The molecular weight excluding hydrogens is 312 g/mol. The molecule has 0 fully saturated rings. The molecule has 0 unspecified atom stereocenters. The van der Waals surface area contributed by atoms with Gasteiger partial charge in [0, 0.05) is 4.88 Å². The minimum atomic E-state index is -0.154. The molecule has 0 bridgehead atoms. The van der Waals surface area contributed by atoms with Crippen molar-refractivity contribution in [3.8, 4) is 5.75 Å². The maximum absolute atomic E-state index is 12.1. The van der Waals surface area contributed by atoms with Crippen LogP contribution in [0.25, 0.3) is 10.2 Å². The van der Waals surface area contributed by atoms with Crippen LogP contribution in [0.5, 0.6) is 5.75 Å². The van der Waals surface area contributed by atoms with Gasteiger partial charge in [-0.25, -0.2) is 10.4 Å². The summed E-state index contributed by atoms with van der Waals surface area (Å²) in [6, 6.07) is 7.47. The van der Waals surface area contributed by atoms with Crippen molar-refractivity contribution in [1.29, 1.82) is 0 Å². The van der Waals surface area contributed by atoms with E-state index in [1.807, 2.05) is 38.1 Å². The molecule has 2 aromatic heterocycles. The summed E-state index contributed by atoms with van der Waals surface area (Å²) in [6.07, 6.45) is 1.65. The van der Waals surface area contributed by atoms with Crippen LogP contribution in [-0.2, 0) is 0 Å². The number of hydrogen-bond acceptors (Lipinski definition) is 6. The summed E-state index contributed by atoms with van der Waals surface area (Å²) in [4.78, 5) is 21.0. The van der Waals surface area contributed by atoms with Gasteiger partial charge in [0.25, 0.3) is 5.56 Å². The number of ether oxygens (including phenoxy) is 1. The first-order valence-corrected chi connectivity index (χ1v) is 7.83. The molecule has 0 saturated carbocycles. The molecule has 0 amide bonds. The van der Waals surface area contributed by atoms with E-state index in [0.29, 0.717) is 16.2 Å². The molecular formula is C16H16N4O2S. The number of benzene rings is 1. The number of anilines is 1. The van der Waals surface area contributed by atoms with E-state index in [4.69, 9.17) is 4.74 Å². The van der Waals surface area contributed by atoms with Crippen LogP contribution in [0.2, 0.25) is 0 Å². The summed E-state index contributed by atoms with van der Waals surface area (Å²) in [5.41, 5.74) is 4.49. The molecule has 0 radical (unpaired) electrons. The van der Waals surface area contributed by atoms with Gasteiger partial charge in [-0.2, -0.15) is 5.10 Å². The summed E-state index contributed by atoms with van der Waals surface area (Å²) in [5.74, 6) is 1.11. The minimum Gasteiger partial charge on any atom is -0.497 e. The second-order valence-electron chi connectivity index (χ2n) is 5.02. The van der Waals surface area contributed by atoms with Gasteiger partial charge in [0.2, 0.25) is 5.95 Å².